The smallest absolute Gasteiger partial charge is 0.335 e. The molecule has 2 unspecified atom stereocenters. The van der Waals surface area contributed by atoms with Crippen molar-refractivity contribution in [1.29, 1.82) is 0 Å². The molecule has 3 aromatic rings. The number of likely N-dealkylation sites (tertiary alicyclic amines) is 1. The second kappa shape index (κ2) is 13.7. The lowest BCUT2D eigenvalue weighted by Gasteiger charge is -2.40. The van der Waals surface area contributed by atoms with E-state index in [2.05, 4.69) is 15.8 Å². The van der Waals surface area contributed by atoms with E-state index < -0.39 is 42.4 Å². The SMILES string of the molecule is NN=NN(CF)c1ccc(Cl)cc1C=CC(=O)N1CCCC(c2cccc(F)c2)C1C(=O)Nc1ccc(C(=O)O)cc1. The Hall–Kier alpha value is -4.84. The highest BCUT2D eigenvalue weighted by molar-refractivity contribution is 6.30. The Morgan fingerprint density at radius 1 is 1.14 bits per heavy atom. The fraction of sp³-hybridized carbons (Fsp3) is 0.207. The van der Waals surface area contributed by atoms with Gasteiger partial charge in [0.1, 0.15) is 11.9 Å². The van der Waals surface area contributed by atoms with Gasteiger partial charge in [-0.1, -0.05) is 29.0 Å². The van der Waals surface area contributed by atoms with Crippen molar-refractivity contribution in [3.63, 3.8) is 0 Å². The van der Waals surface area contributed by atoms with Crippen LogP contribution < -0.4 is 16.2 Å². The Labute approximate surface area is 245 Å². The van der Waals surface area contributed by atoms with E-state index in [-0.39, 0.29) is 17.8 Å². The van der Waals surface area contributed by atoms with Crippen LogP contribution in [0.2, 0.25) is 5.02 Å². The molecule has 42 heavy (non-hydrogen) atoms. The summed E-state index contributed by atoms with van der Waals surface area (Å²) in [5, 5.41) is 19.8. The molecule has 3 aromatic carbocycles. The van der Waals surface area contributed by atoms with Gasteiger partial charge in [0.15, 0.2) is 6.80 Å². The third-order valence-electron chi connectivity index (χ3n) is 6.80. The summed E-state index contributed by atoms with van der Waals surface area (Å²) in [6.45, 7) is -0.806. The number of carbonyl (C=O) groups is 3. The number of carboxylic acid groups (broad SMARTS) is 1. The molecule has 13 heteroatoms. The molecular formula is C29H27ClF2N6O4. The number of carboxylic acids is 1. The Morgan fingerprint density at radius 3 is 2.57 bits per heavy atom. The lowest BCUT2D eigenvalue weighted by atomic mass is 9.82. The van der Waals surface area contributed by atoms with Gasteiger partial charge in [0.05, 0.1) is 11.3 Å². The van der Waals surface area contributed by atoms with Crippen LogP contribution in [-0.2, 0) is 9.59 Å². The molecule has 0 spiro atoms. The first-order chi connectivity index (χ1) is 20.2. The van der Waals surface area contributed by atoms with Crippen LogP contribution in [0.5, 0.6) is 0 Å². The fourth-order valence-corrected chi connectivity index (χ4v) is 5.10. The number of alkyl halides is 1. The number of nitrogens with one attached hydrogen (secondary N) is 1. The summed E-state index contributed by atoms with van der Waals surface area (Å²) in [6.07, 6.45) is 3.72. The van der Waals surface area contributed by atoms with Crippen molar-refractivity contribution >= 4 is 46.8 Å². The summed E-state index contributed by atoms with van der Waals surface area (Å²) >= 11 is 6.14. The van der Waals surface area contributed by atoms with Crippen molar-refractivity contribution in [2.75, 3.05) is 23.7 Å². The Bertz CT molecular complexity index is 1520. The average molecular weight is 597 g/mol. The van der Waals surface area contributed by atoms with Crippen LogP contribution in [0.25, 0.3) is 6.08 Å². The predicted molar refractivity (Wildman–Crippen MR) is 154 cm³/mol. The lowest BCUT2D eigenvalue weighted by Crippen LogP contribution is -2.53. The zero-order valence-electron chi connectivity index (χ0n) is 22.2. The number of amides is 2. The van der Waals surface area contributed by atoms with Crippen molar-refractivity contribution in [1.82, 2.24) is 4.90 Å². The zero-order valence-corrected chi connectivity index (χ0v) is 22.9. The largest absolute Gasteiger partial charge is 0.478 e. The number of carbonyl (C=O) groups excluding carboxylic acids is 2. The molecule has 1 aliphatic heterocycles. The maximum atomic E-state index is 14.2. The third-order valence-corrected chi connectivity index (χ3v) is 7.04. The van der Waals surface area contributed by atoms with Crippen LogP contribution in [0.15, 0.2) is 83.3 Å². The van der Waals surface area contributed by atoms with E-state index >= 15 is 0 Å². The molecule has 1 saturated heterocycles. The van der Waals surface area contributed by atoms with Gasteiger partial charge < -0.3 is 21.2 Å². The number of benzene rings is 3. The van der Waals surface area contributed by atoms with Crippen molar-refractivity contribution in [3.05, 3.63) is 100 Å². The highest BCUT2D eigenvalue weighted by atomic mass is 35.5. The minimum absolute atomic E-state index is 0.0462. The first-order valence-electron chi connectivity index (χ1n) is 12.8. The topological polar surface area (TPSA) is 141 Å². The third kappa shape index (κ3) is 7.07. The molecule has 1 heterocycles. The Balaban J connectivity index is 1.67. The van der Waals surface area contributed by atoms with Crippen molar-refractivity contribution in [2.45, 2.75) is 24.8 Å². The van der Waals surface area contributed by atoms with Gasteiger partial charge in [-0.15, -0.1) is 0 Å². The second-order valence-corrected chi connectivity index (χ2v) is 9.85. The number of aromatic carboxylic acids is 1. The average Bonchev–Trinajstić information content (AvgIpc) is 2.98. The van der Waals surface area contributed by atoms with E-state index in [0.717, 1.165) is 5.01 Å². The van der Waals surface area contributed by atoms with Crippen molar-refractivity contribution in [2.24, 2.45) is 16.3 Å². The lowest BCUT2D eigenvalue weighted by molar-refractivity contribution is -0.137. The van der Waals surface area contributed by atoms with Crippen molar-refractivity contribution in [3.8, 4) is 0 Å². The maximum absolute atomic E-state index is 14.2. The van der Waals surface area contributed by atoms with Crippen LogP contribution >= 0.6 is 11.6 Å². The highest BCUT2D eigenvalue weighted by Gasteiger charge is 2.39. The first-order valence-corrected chi connectivity index (χ1v) is 13.2. The van der Waals surface area contributed by atoms with Crippen LogP contribution in [0, 0.1) is 5.82 Å². The molecule has 1 aliphatic rings. The molecular weight excluding hydrogens is 570 g/mol. The van der Waals surface area contributed by atoms with E-state index in [0.29, 0.717) is 34.7 Å². The number of nitrogens with two attached hydrogens (primary N) is 1. The minimum Gasteiger partial charge on any atom is -0.478 e. The summed E-state index contributed by atoms with van der Waals surface area (Å²) in [7, 11) is 0. The van der Waals surface area contributed by atoms with E-state index in [1.807, 2.05) is 0 Å². The van der Waals surface area contributed by atoms with Gasteiger partial charge in [-0.25, -0.2) is 18.6 Å². The van der Waals surface area contributed by atoms with Gasteiger partial charge in [0.2, 0.25) is 11.8 Å². The molecule has 1 fully saturated rings. The number of nitrogens with zero attached hydrogens (tertiary/aromatic N) is 4. The summed E-state index contributed by atoms with van der Waals surface area (Å²) < 4.78 is 27.8. The number of anilines is 2. The van der Waals surface area contributed by atoms with E-state index in [4.69, 9.17) is 22.6 Å². The van der Waals surface area contributed by atoms with E-state index in [1.54, 1.807) is 12.1 Å². The second-order valence-electron chi connectivity index (χ2n) is 9.41. The van der Waals surface area contributed by atoms with Crippen LogP contribution in [-0.4, -0.2) is 47.2 Å². The predicted octanol–water partition coefficient (Wildman–Crippen LogP) is 5.58. The molecule has 2 amide bonds. The Morgan fingerprint density at radius 2 is 1.90 bits per heavy atom. The first kappa shape index (κ1) is 30.1. The number of halogens is 3. The van der Waals surface area contributed by atoms with Gasteiger partial charge in [0.25, 0.3) is 0 Å². The summed E-state index contributed by atoms with van der Waals surface area (Å²) in [5.74, 6) is 1.93. The number of hydrogen-bond acceptors (Lipinski definition) is 5. The van der Waals surface area contributed by atoms with Gasteiger partial charge in [-0.2, -0.15) is 0 Å². The molecule has 0 saturated carbocycles. The minimum atomic E-state index is -1.11. The van der Waals surface area contributed by atoms with Crippen LogP contribution in [0.4, 0.5) is 20.2 Å². The fourth-order valence-electron chi connectivity index (χ4n) is 4.92. The molecule has 2 atom stereocenters. The van der Waals surface area contributed by atoms with Crippen molar-refractivity contribution < 1.29 is 28.3 Å². The number of piperidine rings is 1. The molecule has 4 N–H and O–H groups in total. The Kier molecular flexibility index (Phi) is 9.81. The van der Waals surface area contributed by atoms with Gasteiger partial charge in [-0.3, -0.25) is 9.59 Å². The summed E-state index contributed by atoms with van der Waals surface area (Å²) in [4.78, 5) is 39.9. The van der Waals surface area contributed by atoms with Crippen LogP contribution in [0.1, 0.15) is 40.2 Å². The highest BCUT2D eigenvalue weighted by Crippen LogP contribution is 2.34. The standard InChI is InChI=1S/C29H27ClF2N6O4/c30-21-9-12-25(38(17-31)36-35-33)20(15-21)8-13-26(39)37-14-2-5-24(19-3-1-4-22(32)16-19)27(37)28(40)34-23-10-6-18(7-11-23)29(41)42/h1,3-4,6-13,15-16,24,27H,2,5,14,17H2,(H2,33,36)(H,34,40)(H,41,42). The molecule has 0 aromatic heterocycles. The molecule has 4 rings (SSSR count). The summed E-state index contributed by atoms with van der Waals surface area (Å²) in [5.41, 5.74) is 1.53. The zero-order chi connectivity index (χ0) is 30.2. The van der Waals surface area contributed by atoms with Crippen LogP contribution in [0.3, 0.4) is 0 Å². The number of hydrogen-bond donors (Lipinski definition) is 3. The van der Waals surface area contributed by atoms with E-state index in [9.17, 15) is 23.2 Å². The molecule has 0 aliphatic carbocycles. The quantitative estimate of drug-likeness (QED) is 0.0968. The number of rotatable bonds is 9. The normalized spacial score (nSPS) is 17.0. The van der Waals surface area contributed by atoms with Gasteiger partial charge in [0, 0.05) is 34.8 Å². The maximum Gasteiger partial charge on any atom is 0.335 e. The van der Waals surface area contributed by atoms with Gasteiger partial charge >= 0.3 is 5.97 Å². The van der Waals surface area contributed by atoms with Gasteiger partial charge in [-0.05, 0) is 84.3 Å². The molecule has 0 radical (unpaired) electrons. The monoisotopic (exact) mass is 596 g/mol. The molecule has 10 nitrogen and oxygen atoms in total. The molecule has 218 valence electrons. The molecule has 0 bridgehead atoms. The summed E-state index contributed by atoms with van der Waals surface area (Å²) in [6, 6.07) is 15.0. The van der Waals surface area contributed by atoms with E-state index in [1.165, 1.54) is 71.6 Å².